The van der Waals surface area contributed by atoms with Gasteiger partial charge in [-0.1, -0.05) is 37.4 Å². The Kier molecular flexibility index (Phi) is 17.0. The summed E-state index contributed by atoms with van der Waals surface area (Å²) in [6.07, 6.45) is -3.29. The van der Waals surface area contributed by atoms with Gasteiger partial charge in [0.15, 0.2) is 0 Å². The molecule has 56 heavy (non-hydrogen) atoms. The fourth-order valence-corrected chi connectivity index (χ4v) is 4.51. The average molecular weight is 791 g/mol. The number of hydrogen-bond donors (Lipinski definition) is 0. The number of carbonyl (C=O) groups is 4. The molecule has 0 aliphatic heterocycles. The van der Waals surface area contributed by atoms with E-state index in [1.54, 1.807) is 24.3 Å². The zero-order valence-electron chi connectivity index (χ0n) is 29.7. The first-order valence-corrected chi connectivity index (χ1v) is 16.8. The maximum Gasteiger partial charge on any atom is 0.420 e. The van der Waals surface area contributed by atoms with Crippen LogP contribution >= 0.6 is 0 Å². The van der Waals surface area contributed by atoms with Gasteiger partial charge >= 0.3 is 36.2 Å². The molecule has 10 nitrogen and oxygen atoms in total. The summed E-state index contributed by atoms with van der Waals surface area (Å²) in [5.41, 5.74) is -3.96. The minimum absolute atomic E-state index is 0.197. The van der Waals surface area contributed by atoms with Crippen LogP contribution in [0.5, 0.6) is 23.0 Å². The molecule has 3 rings (SSSR count). The Bertz CT molecular complexity index is 1740. The summed E-state index contributed by atoms with van der Waals surface area (Å²) in [6, 6.07) is 13.1. The summed E-state index contributed by atoms with van der Waals surface area (Å²) in [6.45, 7) is 7.58. The van der Waals surface area contributed by atoms with E-state index < -0.39 is 58.9 Å². The lowest BCUT2D eigenvalue weighted by molar-refractivity contribution is -0.164. The van der Waals surface area contributed by atoms with Crippen molar-refractivity contribution in [3.8, 4) is 23.0 Å². The molecule has 0 atom stereocenters. The number of esters is 4. The summed E-state index contributed by atoms with van der Waals surface area (Å²) in [4.78, 5) is 47.0. The van der Waals surface area contributed by atoms with Crippen LogP contribution < -0.4 is 18.9 Å². The molecule has 0 unspecified atom stereocenters. The highest BCUT2D eigenvalue weighted by Gasteiger charge is 2.48. The zero-order chi connectivity index (χ0) is 41.1. The van der Waals surface area contributed by atoms with Gasteiger partial charge in [0.1, 0.15) is 34.1 Å². The third kappa shape index (κ3) is 15.2. The quantitative estimate of drug-likeness (QED) is 0.0361. The summed E-state index contributed by atoms with van der Waals surface area (Å²) < 4.78 is 115. The molecule has 0 spiro atoms. The van der Waals surface area contributed by atoms with Crippen molar-refractivity contribution < 1.29 is 73.9 Å². The predicted molar refractivity (Wildman–Crippen MR) is 190 cm³/mol. The summed E-state index contributed by atoms with van der Waals surface area (Å²) in [7, 11) is 0. The maximum absolute atomic E-state index is 14.1. The van der Waals surface area contributed by atoms with E-state index in [1.165, 1.54) is 24.3 Å². The summed E-state index contributed by atoms with van der Waals surface area (Å²) in [5.74, 6) is -5.92. The number of ether oxygens (including phenoxy) is 6. The van der Waals surface area contributed by atoms with E-state index in [2.05, 4.69) is 13.2 Å². The van der Waals surface area contributed by atoms with Crippen LogP contribution in [0.3, 0.4) is 0 Å². The highest BCUT2D eigenvalue weighted by molar-refractivity contribution is 5.90. The Hall–Kier alpha value is -6.32. The number of hydrogen-bond acceptors (Lipinski definition) is 10. The molecule has 0 aromatic heterocycles. The summed E-state index contributed by atoms with van der Waals surface area (Å²) in [5, 5.41) is 0. The van der Waals surface area contributed by atoms with E-state index in [0.717, 1.165) is 36.5 Å². The van der Waals surface area contributed by atoms with Crippen molar-refractivity contribution in [2.24, 2.45) is 0 Å². The number of alkyl halides is 6. The van der Waals surface area contributed by atoms with Gasteiger partial charge in [0.05, 0.1) is 26.4 Å². The first-order valence-electron chi connectivity index (χ1n) is 16.8. The molecule has 3 aromatic rings. The molecule has 3 aromatic carbocycles. The molecule has 0 aliphatic rings. The SMILES string of the molecule is C=CC(=O)OCCCCOc1ccc(/C=C/C(=O)Oc2ccc(OC(=O)/C=C/c3ccc(OCCCCOC(=O)C=C)cc3)c(C(F)(F)F)c2C(F)(F)F)cc1. The minimum Gasteiger partial charge on any atom is -0.494 e. The first-order chi connectivity index (χ1) is 26.6. The summed E-state index contributed by atoms with van der Waals surface area (Å²) >= 11 is 0. The number of benzene rings is 3. The fraction of sp³-hybridized carbons (Fsp3) is 0.250. The van der Waals surface area contributed by atoms with Crippen molar-refractivity contribution in [2.45, 2.75) is 38.0 Å². The van der Waals surface area contributed by atoms with Crippen molar-refractivity contribution in [1.82, 2.24) is 0 Å². The number of carbonyl (C=O) groups excluding carboxylic acids is 4. The average Bonchev–Trinajstić information content (AvgIpc) is 3.16. The van der Waals surface area contributed by atoms with Crippen LogP contribution in [0.15, 0.2) is 98.1 Å². The van der Waals surface area contributed by atoms with Crippen LogP contribution in [0, 0.1) is 0 Å². The van der Waals surface area contributed by atoms with Crippen LogP contribution in [0.4, 0.5) is 26.3 Å². The standard InChI is InChI=1S/C40H36F6O10/c1-3-33(47)53-25-7-5-23-51-29-15-9-27(10-16-29)13-21-35(49)55-31-19-20-32(38(40(44,45)46)37(31)39(41,42)43)56-36(50)22-14-28-11-17-30(18-12-28)52-24-6-8-26-54-34(48)4-2/h3-4,9-22H,1-2,5-8,23-26H2/b21-13+,22-14+. The third-order valence-corrected chi connectivity index (χ3v) is 7.14. The maximum atomic E-state index is 14.1. The molecular weight excluding hydrogens is 754 g/mol. The Balaban J connectivity index is 1.63. The van der Waals surface area contributed by atoms with E-state index >= 15 is 0 Å². The highest BCUT2D eigenvalue weighted by Crippen LogP contribution is 2.49. The normalized spacial score (nSPS) is 11.5. The Labute approximate surface area is 317 Å². The van der Waals surface area contributed by atoms with Crippen molar-refractivity contribution in [1.29, 1.82) is 0 Å². The van der Waals surface area contributed by atoms with Gasteiger partial charge in [-0.15, -0.1) is 0 Å². The van der Waals surface area contributed by atoms with E-state index in [0.29, 0.717) is 73.7 Å². The van der Waals surface area contributed by atoms with Gasteiger partial charge in [-0.3, -0.25) is 0 Å². The molecule has 0 heterocycles. The van der Waals surface area contributed by atoms with Crippen LogP contribution in [0.1, 0.15) is 47.9 Å². The smallest absolute Gasteiger partial charge is 0.420 e. The van der Waals surface area contributed by atoms with Gasteiger partial charge in [0.2, 0.25) is 0 Å². The van der Waals surface area contributed by atoms with Gasteiger partial charge in [-0.25, -0.2) is 19.2 Å². The lowest BCUT2D eigenvalue weighted by Gasteiger charge is -2.21. The molecule has 0 amide bonds. The Morgan fingerprint density at radius 1 is 0.500 bits per heavy atom. The highest BCUT2D eigenvalue weighted by atomic mass is 19.4. The lowest BCUT2D eigenvalue weighted by Crippen LogP contribution is -2.21. The minimum atomic E-state index is -5.70. The van der Waals surface area contributed by atoms with Gasteiger partial charge in [0, 0.05) is 24.3 Å². The third-order valence-electron chi connectivity index (χ3n) is 7.14. The van der Waals surface area contributed by atoms with E-state index in [9.17, 15) is 45.5 Å². The molecule has 0 bridgehead atoms. The molecule has 0 aliphatic carbocycles. The first kappa shape index (κ1) is 44.1. The number of halogens is 6. The Morgan fingerprint density at radius 2 is 0.839 bits per heavy atom. The van der Waals surface area contributed by atoms with Crippen LogP contribution in [0.25, 0.3) is 12.2 Å². The van der Waals surface area contributed by atoms with Crippen LogP contribution in [-0.2, 0) is 41.0 Å². The molecule has 0 fully saturated rings. The van der Waals surface area contributed by atoms with E-state index in [1.807, 2.05) is 0 Å². The largest absolute Gasteiger partial charge is 0.494 e. The topological polar surface area (TPSA) is 124 Å². The van der Waals surface area contributed by atoms with Crippen molar-refractivity contribution >= 4 is 36.0 Å². The fourth-order valence-electron chi connectivity index (χ4n) is 4.51. The number of unbranched alkanes of at least 4 members (excludes halogenated alkanes) is 2. The second-order valence-corrected chi connectivity index (χ2v) is 11.3. The van der Waals surface area contributed by atoms with Crippen molar-refractivity contribution in [2.75, 3.05) is 26.4 Å². The second-order valence-electron chi connectivity index (χ2n) is 11.3. The molecule has 0 saturated heterocycles. The molecular formula is C40H36F6O10. The van der Waals surface area contributed by atoms with Gasteiger partial charge in [-0.2, -0.15) is 26.3 Å². The van der Waals surface area contributed by atoms with Gasteiger partial charge < -0.3 is 28.4 Å². The van der Waals surface area contributed by atoms with Gasteiger partial charge in [-0.05, 0) is 85.4 Å². The predicted octanol–water partition coefficient (Wildman–Crippen LogP) is 8.74. The molecule has 0 radical (unpaired) electrons. The molecule has 0 N–H and O–H groups in total. The molecule has 0 saturated carbocycles. The van der Waals surface area contributed by atoms with Gasteiger partial charge in [0.25, 0.3) is 0 Å². The van der Waals surface area contributed by atoms with E-state index in [4.69, 9.17) is 28.4 Å². The number of rotatable bonds is 20. The van der Waals surface area contributed by atoms with E-state index in [-0.39, 0.29) is 13.2 Å². The lowest BCUT2D eigenvalue weighted by atomic mass is 10.0. The second kappa shape index (κ2) is 21.5. The molecule has 298 valence electrons. The molecule has 16 heteroatoms. The monoisotopic (exact) mass is 790 g/mol. The van der Waals surface area contributed by atoms with Crippen LogP contribution in [-0.4, -0.2) is 50.3 Å². The van der Waals surface area contributed by atoms with Crippen molar-refractivity contribution in [3.63, 3.8) is 0 Å². The van der Waals surface area contributed by atoms with Crippen molar-refractivity contribution in [3.05, 3.63) is 120 Å². The van der Waals surface area contributed by atoms with Crippen LogP contribution in [0.2, 0.25) is 0 Å². The zero-order valence-corrected chi connectivity index (χ0v) is 29.7. The Morgan fingerprint density at radius 3 is 1.16 bits per heavy atom.